The predicted octanol–water partition coefficient (Wildman–Crippen LogP) is 3.14. The van der Waals surface area contributed by atoms with E-state index in [1.807, 2.05) is 32.0 Å². The molecule has 6 nitrogen and oxygen atoms in total. The third-order valence-corrected chi connectivity index (χ3v) is 5.31. The highest BCUT2D eigenvalue weighted by Gasteiger charge is 2.28. The van der Waals surface area contributed by atoms with E-state index in [2.05, 4.69) is 0 Å². The number of nitrogens with zero attached hydrogens (tertiary/aromatic N) is 3. The van der Waals surface area contributed by atoms with Crippen molar-refractivity contribution in [3.05, 3.63) is 71.3 Å². The van der Waals surface area contributed by atoms with Gasteiger partial charge >= 0.3 is 6.03 Å². The van der Waals surface area contributed by atoms with Crippen LogP contribution in [0.15, 0.2) is 54.6 Å². The van der Waals surface area contributed by atoms with Gasteiger partial charge < -0.3 is 14.7 Å². The number of hydrogen-bond donors (Lipinski definition) is 0. The second kappa shape index (κ2) is 9.37. The molecule has 1 aliphatic rings. The number of rotatable bonds is 5. The molecule has 3 amide bonds. The van der Waals surface area contributed by atoms with Crippen molar-refractivity contribution < 1.29 is 14.4 Å². The number of carbonyl (C=O) groups excluding carboxylic acids is 3. The maximum absolute atomic E-state index is 13.1. The molecular formula is C23H27N3O3. The van der Waals surface area contributed by atoms with E-state index in [9.17, 15) is 14.4 Å². The van der Waals surface area contributed by atoms with Crippen LogP contribution in [0.1, 0.15) is 40.1 Å². The quantitative estimate of drug-likeness (QED) is 0.733. The summed E-state index contributed by atoms with van der Waals surface area (Å²) in [7, 11) is 0. The van der Waals surface area contributed by atoms with Gasteiger partial charge in [0.25, 0.3) is 5.91 Å². The molecule has 0 aliphatic carbocycles. The van der Waals surface area contributed by atoms with Crippen molar-refractivity contribution in [2.75, 3.05) is 39.3 Å². The summed E-state index contributed by atoms with van der Waals surface area (Å²) < 4.78 is 0. The fourth-order valence-electron chi connectivity index (χ4n) is 3.58. The summed E-state index contributed by atoms with van der Waals surface area (Å²) in [4.78, 5) is 43.9. The molecule has 0 N–H and O–H groups in total. The molecule has 0 unspecified atom stereocenters. The molecule has 0 aromatic heterocycles. The van der Waals surface area contributed by atoms with E-state index in [1.54, 1.807) is 51.1 Å². The zero-order valence-corrected chi connectivity index (χ0v) is 17.0. The topological polar surface area (TPSA) is 60.9 Å². The normalized spacial score (nSPS) is 13.9. The Balaban J connectivity index is 1.73. The summed E-state index contributed by atoms with van der Waals surface area (Å²) in [6, 6.07) is 15.9. The molecule has 3 rings (SSSR count). The zero-order chi connectivity index (χ0) is 20.8. The highest BCUT2D eigenvalue weighted by Crippen LogP contribution is 2.18. The van der Waals surface area contributed by atoms with Crippen LogP contribution in [0.4, 0.5) is 4.79 Å². The van der Waals surface area contributed by atoms with E-state index in [-0.39, 0.29) is 17.7 Å². The lowest BCUT2D eigenvalue weighted by atomic mass is 9.97. The Morgan fingerprint density at radius 3 is 1.86 bits per heavy atom. The lowest BCUT2D eigenvalue weighted by Crippen LogP contribution is -2.54. The van der Waals surface area contributed by atoms with Crippen molar-refractivity contribution in [1.29, 1.82) is 0 Å². The number of hydrogen-bond acceptors (Lipinski definition) is 3. The Morgan fingerprint density at radius 1 is 0.759 bits per heavy atom. The standard InChI is InChI=1S/C23H27N3O3/c1-3-24(4-2)23(29)26-16-14-25(15-17-26)22(28)20-13-9-8-12-19(20)21(27)18-10-6-5-7-11-18/h5-13H,3-4,14-17H2,1-2H3. The molecule has 1 saturated heterocycles. The molecule has 6 heteroatoms. The molecule has 2 aromatic carbocycles. The Labute approximate surface area is 171 Å². The minimum Gasteiger partial charge on any atom is -0.335 e. The first-order chi connectivity index (χ1) is 14.1. The third kappa shape index (κ3) is 4.47. The van der Waals surface area contributed by atoms with Crippen LogP contribution >= 0.6 is 0 Å². The van der Waals surface area contributed by atoms with E-state index in [4.69, 9.17) is 0 Å². The van der Waals surface area contributed by atoms with Gasteiger partial charge in [-0.3, -0.25) is 9.59 Å². The van der Waals surface area contributed by atoms with Crippen LogP contribution < -0.4 is 0 Å². The van der Waals surface area contributed by atoms with E-state index in [1.165, 1.54) is 0 Å². The molecule has 0 saturated carbocycles. The number of piperazine rings is 1. The molecule has 1 aliphatic heterocycles. The second-order valence-corrected chi connectivity index (χ2v) is 6.97. The van der Waals surface area contributed by atoms with Crippen molar-refractivity contribution in [3.63, 3.8) is 0 Å². The Morgan fingerprint density at radius 2 is 1.28 bits per heavy atom. The van der Waals surface area contributed by atoms with Crippen LogP contribution in [0, 0.1) is 0 Å². The van der Waals surface area contributed by atoms with Crippen molar-refractivity contribution in [3.8, 4) is 0 Å². The summed E-state index contributed by atoms with van der Waals surface area (Å²) in [5.41, 5.74) is 1.37. The molecule has 1 heterocycles. The molecule has 0 bridgehead atoms. The van der Waals surface area contributed by atoms with Crippen LogP contribution in [0.2, 0.25) is 0 Å². The van der Waals surface area contributed by atoms with Crippen molar-refractivity contribution in [1.82, 2.24) is 14.7 Å². The lowest BCUT2D eigenvalue weighted by molar-refractivity contribution is 0.0639. The average molecular weight is 393 g/mol. The number of benzene rings is 2. The second-order valence-electron chi connectivity index (χ2n) is 6.97. The number of amides is 3. The molecule has 2 aromatic rings. The number of carbonyl (C=O) groups is 3. The maximum atomic E-state index is 13.1. The molecule has 0 radical (unpaired) electrons. The summed E-state index contributed by atoms with van der Waals surface area (Å²) >= 11 is 0. The van der Waals surface area contributed by atoms with Crippen LogP contribution in [0.3, 0.4) is 0 Å². The van der Waals surface area contributed by atoms with Gasteiger partial charge in [-0.15, -0.1) is 0 Å². The molecule has 0 spiro atoms. The van der Waals surface area contributed by atoms with Gasteiger partial charge in [0.2, 0.25) is 0 Å². The molecule has 0 atom stereocenters. The fraction of sp³-hybridized carbons (Fsp3) is 0.348. The fourth-order valence-corrected chi connectivity index (χ4v) is 3.58. The van der Waals surface area contributed by atoms with Gasteiger partial charge in [0.1, 0.15) is 0 Å². The SMILES string of the molecule is CCN(CC)C(=O)N1CCN(C(=O)c2ccccc2C(=O)c2ccccc2)CC1. The Hall–Kier alpha value is -3.15. The van der Waals surface area contributed by atoms with E-state index in [0.717, 1.165) is 0 Å². The minimum atomic E-state index is -0.167. The highest BCUT2D eigenvalue weighted by atomic mass is 16.2. The summed E-state index contributed by atoms with van der Waals surface area (Å²) in [5.74, 6) is -0.329. The summed E-state index contributed by atoms with van der Waals surface area (Å²) in [5, 5.41) is 0. The van der Waals surface area contributed by atoms with E-state index >= 15 is 0 Å². The molecular weight excluding hydrogens is 366 g/mol. The van der Waals surface area contributed by atoms with Gasteiger partial charge in [-0.05, 0) is 19.9 Å². The van der Waals surface area contributed by atoms with Gasteiger partial charge in [-0.1, -0.05) is 48.5 Å². The van der Waals surface area contributed by atoms with Crippen molar-refractivity contribution in [2.45, 2.75) is 13.8 Å². The van der Waals surface area contributed by atoms with E-state index < -0.39 is 0 Å². The van der Waals surface area contributed by atoms with Crippen LogP contribution in [-0.2, 0) is 0 Å². The Bertz CT molecular complexity index is 870. The summed E-state index contributed by atoms with van der Waals surface area (Å²) in [6.07, 6.45) is 0. The van der Waals surface area contributed by atoms with Crippen molar-refractivity contribution >= 4 is 17.7 Å². The van der Waals surface area contributed by atoms with Gasteiger partial charge in [-0.25, -0.2) is 4.79 Å². The predicted molar refractivity (Wildman–Crippen MR) is 112 cm³/mol. The summed E-state index contributed by atoms with van der Waals surface area (Å²) in [6.45, 7) is 7.17. The zero-order valence-electron chi connectivity index (χ0n) is 17.0. The minimum absolute atomic E-state index is 0.0155. The molecule has 29 heavy (non-hydrogen) atoms. The van der Waals surface area contributed by atoms with Crippen LogP contribution in [-0.4, -0.2) is 71.7 Å². The first kappa shape index (κ1) is 20.6. The van der Waals surface area contributed by atoms with Gasteiger partial charge in [0.15, 0.2) is 5.78 Å². The van der Waals surface area contributed by atoms with Crippen molar-refractivity contribution in [2.24, 2.45) is 0 Å². The highest BCUT2D eigenvalue weighted by molar-refractivity contribution is 6.15. The monoisotopic (exact) mass is 393 g/mol. The lowest BCUT2D eigenvalue weighted by Gasteiger charge is -2.37. The molecule has 1 fully saturated rings. The van der Waals surface area contributed by atoms with Gasteiger partial charge in [0.05, 0.1) is 5.56 Å². The maximum Gasteiger partial charge on any atom is 0.320 e. The van der Waals surface area contributed by atoms with Crippen LogP contribution in [0.5, 0.6) is 0 Å². The molecule has 152 valence electrons. The largest absolute Gasteiger partial charge is 0.335 e. The van der Waals surface area contributed by atoms with E-state index in [0.29, 0.717) is 56.0 Å². The average Bonchev–Trinajstić information content (AvgIpc) is 2.79. The Kier molecular flexibility index (Phi) is 6.65. The number of ketones is 1. The first-order valence-electron chi connectivity index (χ1n) is 10.1. The van der Waals surface area contributed by atoms with Crippen LogP contribution in [0.25, 0.3) is 0 Å². The third-order valence-electron chi connectivity index (χ3n) is 5.31. The van der Waals surface area contributed by atoms with Gasteiger partial charge in [-0.2, -0.15) is 0 Å². The first-order valence-corrected chi connectivity index (χ1v) is 10.1. The number of urea groups is 1. The van der Waals surface area contributed by atoms with Gasteiger partial charge in [0, 0.05) is 50.4 Å². The smallest absolute Gasteiger partial charge is 0.320 e.